The Morgan fingerprint density at radius 3 is 1.95 bits per heavy atom. The fourth-order valence-corrected chi connectivity index (χ4v) is 6.07. The third kappa shape index (κ3) is 2.49. The fourth-order valence-electron chi connectivity index (χ4n) is 1.84. The van der Waals surface area contributed by atoms with Crippen molar-refractivity contribution in [2.45, 2.75) is 9.79 Å². The normalized spacial score (nSPS) is 18.1. The van der Waals surface area contributed by atoms with E-state index in [1.165, 1.54) is 42.5 Å². The second kappa shape index (κ2) is 4.85. The van der Waals surface area contributed by atoms with Gasteiger partial charge in [-0.2, -0.15) is 16.8 Å². The summed E-state index contributed by atoms with van der Waals surface area (Å²) < 4.78 is 59.6. The van der Waals surface area contributed by atoms with Crippen LogP contribution in [0.25, 0.3) is 0 Å². The Morgan fingerprint density at radius 1 is 0.762 bits per heavy atom. The van der Waals surface area contributed by atoms with Crippen LogP contribution in [0.5, 0.6) is 11.5 Å². The molecule has 0 saturated carbocycles. The lowest BCUT2D eigenvalue weighted by atomic mass is 10.3. The quantitative estimate of drug-likeness (QED) is 0.463. The van der Waals surface area contributed by atoms with Crippen LogP contribution in [0.2, 0.25) is 0 Å². The van der Waals surface area contributed by atoms with Crippen LogP contribution >= 0.6 is 22.6 Å². The van der Waals surface area contributed by atoms with Crippen molar-refractivity contribution in [1.82, 2.24) is 0 Å². The Balaban J connectivity index is 2.40. The highest BCUT2D eigenvalue weighted by atomic mass is 127. The first-order chi connectivity index (χ1) is 9.81. The number of fused-ring (bicyclic) bond motifs is 2. The smallest absolute Gasteiger partial charge is 0.341 e. The molecule has 0 unspecified atom stereocenters. The van der Waals surface area contributed by atoms with Crippen molar-refractivity contribution in [2.75, 3.05) is 0 Å². The molecule has 0 aliphatic carbocycles. The van der Waals surface area contributed by atoms with Crippen molar-refractivity contribution >= 4 is 42.8 Å². The lowest BCUT2D eigenvalue weighted by molar-refractivity contribution is 0.436. The summed E-state index contributed by atoms with van der Waals surface area (Å²) in [7, 11) is -8.56. The highest BCUT2D eigenvalue weighted by Crippen LogP contribution is 2.38. The molecule has 2 aromatic rings. The van der Waals surface area contributed by atoms with Crippen LogP contribution in [0.15, 0.2) is 52.3 Å². The molecule has 0 bridgehead atoms. The Bertz CT molecular complexity index is 934. The lowest BCUT2D eigenvalue weighted by Crippen LogP contribution is -2.22. The highest BCUT2D eigenvalue weighted by molar-refractivity contribution is 14.1. The number of halogens is 1. The van der Waals surface area contributed by atoms with Gasteiger partial charge < -0.3 is 8.37 Å². The average molecular weight is 438 g/mol. The number of hydrogen-bond donors (Lipinski definition) is 0. The van der Waals surface area contributed by atoms with Gasteiger partial charge in [0.15, 0.2) is 11.5 Å². The van der Waals surface area contributed by atoms with E-state index >= 15 is 0 Å². The van der Waals surface area contributed by atoms with Gasteiger partial charge in [0.2, 0.25) is 0 Å². The molecule has 110 valence electrons. The van der Waals surface area contributed by atoms with E-state index in [2.05, 4.69) is 0 Å². The van der Waals surface area contributed by atoms with E-state index in [-0.39, 0.29) is 15.1 Å². The van der Waals surface area contributed by atoms with Crippen LogP contribution in [0.4, 0.5) is 0 Å². The summed E-state index contributed by atoms with van der Waals surface area (Å²) in [5.41, 5.74) is 0. The Labute approximate surface area is 135 Å². The van der Waals surface area contributed by atoms with E-state index in [1.54, 1.807) is 22.6 Å². The van der Waals surface area contributed by atoms with Gasteiger partial charge in [-0.05, 0) is 46.9 Å². The molecule has 0 spiro atoms. The molecule has 0 fully saturated rings. The van der Waals surface area contributed by atoms with Gasteiger partial charge in [0.1, 0.15) is 9.79 Å². The molecule has 2 aromatic carbocycles. The zero-order valence-electron chi connectivity index (χ0n) is 10.2. The maximum Gasteiger partial charge on any atom is 0.341 e. The van der Waals surface area contributed by atoms with Gasteiger partial charge in [-0.3, -0.25) is 0 Å². The Kier molecular flexibility index (Phi) is 3.37. The third-order valence-corrected chi connectivity index (χ3v) is 6.71. The van der Waals surface area contributed by atoms with Crippen molar-refractivity contribution in [1.29, 1.82) is 0 Å². The number of benzene rings is 2. The number of hydrogen-bond acceptors (Lipinski definition) is 6. The van der Waals surface area contributed by atoms with Crippen LogP contribution < -0.4 is 8.37 Å². The topological polar surface area (TPSA) is 86.7 Å². The largest absolute Gasteiger partial charge is 0.375 e. The van der Waals surface area contributed by atoms with Crippen molar-refractivity contribution in [3.8, 4) is 11.5 Å². The molecule has 1 aliphatic heterocycles. The Morgan fingerprint density at radius 2 is 1.33 bits per heavy atom. The maximum absolute atomic E-state index is 12.4. The minimum Gasteiger partial charge on any atom is -0.375 e. The zero-order chi connectivity index (χ0) is 15.3. The summed E-state index contributed by atoms with van der Waals surface area (Å²) in [5, 5.41) is 0. The molecule has 0 atom stereocenters. The summed E-state index contributed by atoms with van der Waals surface area (Å²) in [6.07, 6.45) is 0. The van der Waals surface area contributed by atoms with E-state index in [4.69, 9.17) is 8.37 Å². The predicted octanol–water partition coefficient (Wildman–Crippen LogP) is 2.14. The third-order valence-electron chi connectivity index (χ3n) is 2.70. The van der Waals surface area contributed by atoms with Gasteiger partial charge in [0.05, 0.1) is 0 Å². The Hall–Kier alpha value is -1.33. The summed E-state index contributed by atoms with van der Waals surface area (Å²) in [6, 6.07) is 9.75. The predicted molar refractivity (Wildman–Crippen MR) is 81.2 cm³/mol. The van der Waals surface area contributed by atoms with Crippen molar-refractivity contribution < 1.29 is 25.2 Å². The van der Waals surface area contributed by atoms with Gasteiger partial charge >= 0.3 is 20.2 Å². The van der Waals surface area contributed by atoms with Gasteiger partial charge in [-0.25, -0.2) is 0 Å². The SMILES string of the molecule is O=S1(=O)Oc2ccccc2OS(=O)(=O)c2c(I)cccc21. The van der Waals surface area contributed by atoms with Gasteiger partial charge in [-0.15, -0.1) is 0 Å². The minimum absolute atomic E-state index is 0.175. The van der Waals surface area contributed by atoms with E-state index in [0.717, 1.165) is 0 Å². The number of para-hydroxylation sites is 2. The van der Waals surface area contributed by atoms with Crippen LogP contribution in [0.3, 0.4) is 0 Å². The maximum atomic E-state index is 12.4. The standard InChI is InChI=1S/C12H7IO6S2/c13-8-4-3-7-11-12(8)21(16,17)19-10-6-2-1-5-9(10)18-20(11,14)15/h1-7H. The molecule has 0 N–H and O–H groups in total. The molecule has 0 saturated heterocycles. The van der Waals surface area contributed by atoms with Crippen LogP contribution in [-0.4, -0.2) is 16.8 Å². The molecule has 0 radical (unpaired) electrons. The summed E-state index contributed by atoms with van der Waals surface area (Å²) in [5.74, 6) is -0.350. The lowest BCUT2D eigenvalue weighted by Gasteiger charge is -2.18. The molecular weight excluding hydrogens is 431 g/mol. The first kappa shape index (κ1) is 14.6. The summed E-state index contributed by atoms with van der Waals surface area (Å²) >= 11 is 1.74. The van der Waals surface area contributed by atoms with E-state index < -0.39 is 30.0 Å². The van der Waals surface area contributed by atoms with E-state index in [1.807, 2.05) is 0 Å². The monoisotopic (exact) mass is 438 g/mol. The minimum atomic E-state index is -4.28. The molecule has 9 heteroatoms. The van der Waals surface area contributed by atoms with Crippen molar-refractivity contribution in [2.24, 2.45) is 0 Å². The summed E-state index contributed by atoms with van der Waals surface area (Å²) in [6.45, 7) is 0. The van der Waals surface area contributed by atoms with E-state index in [9.17, 15) is 16.8 Å². The molecule has 0 aromatic heterocycles. The molecule has 1 heterocycles. The van der Waals surface area contributed by atoms with Crippen molar-refractivity contribution in [3.05, 3.63) is 46.0 Å². The first-order valence-electron chi connectivity index (χ1n) is 5.58. The molecule has 3 rings (SSSR count). The van der Waals surface area contributed by atoms with Crippen LogP contribution in [0, 0.1) is 3.57 Å². The first-order valence-corrected chi connectivity index (χ1v) is 9.47. The molecular formula is C12H7IO6S2. The molecule has 0 amide bonds. The van der Waals surface area contributed by atoms with Crippen molar-refractivity contribution in [3.63, 3.8) is 0 Å². The summed E-state index contributed by atoms with van der Waals surface area (Å²) in [4.78, 5) is -0.857. The average Bonchev–Trinajstić information content (AvgIpc) is 2.39. The second-order valence-electron chi connectivity index (χ2n) is 4.09. The second-order valence-corrected chi connectivity index (χ2v) is 8.25. The molecule has 1 aliphatic rings. The molecule has 6 nitrogen and oxygen atoms in total. The van der Waals surface area contributed by atoms with Gasteiger partial charge in [0, 0.05) is 3.57 Å². The zero-order valence-corrected chi connectivity index (χ0v) is 14.0. The highest BCUT2D eigenvalue weighted by Gasteiger charge is 2.35. The number of rotatable bonds is 0. The van der Waals surface area contributed by atoms with Crippen LogP contribution in [-0.2, 0) is 20.2 Å². The van der Waals surface area contributed by atoms with Gasteiger partial charge in [0.25, 0.3) is 0 Å². The van der Waals surface area contributed by atoms with Gasteiger partial charge in [-0.1, -0.05) is 18.2 Å². The van der Waals surface area contributed by atoms with E-state index in [0.29, 0.717) is 0 Å². The van der Waals surface area contributed by atoms with Crippen LogP contribution in [0.1, 0.15) is 0 Å². The fraction of sp³-hybridized carbons (Fsp3) is 0. The molecule has 21 heavy (non-hydrogen) atoms.